The average Bonchev–Trinajstić information content (AvgIpc) is 2.61. The Bertz CT molecular complexity index is 634. The fourth-order valence-corrected chi connectivity index (χ4v) is 4.04. The van der Waals surface area contributed by atoms with Gasteiger partial charge in [-0.1, -0.05) is 44.2 Å². The molecule has 0 heterocycles. The smallest absolute Gasteiger partial charge is 0.215 e. The van der Waals surface area contributed by atoms with Gasteiger partial charge < -0.3 is 10.6 Å². The average molecular weight is 510 g/mol. The van der Waals surface area contributed by atoms with Crippen molar-refractivity contribution >= 4 is 40.0 Å². The molecule has 1 aromatic carbocycles. The van der Waals surface area contributed by atoms with Crippen molar-refractivity contribution < 1.29 is 8.42 Å². The Hall–Kier alpha value is -0.870. The molecule has 1 aromatic rings. The molecule has 2 N–H and O–H groups in total. The molecule has 27 heavy (non-hydrogen) atoms. The van der Waals surface area contributed by atoms with E-state index in [-0.39, 0.29) is 42.3 Å². The van der Waals surface area contributed by atoms with Gasteiger partial charge in [-0.2, -0.15) is 0 Å². The minimum absolute atomic E-state index is 0. The molecule has 1 rings (SSSR count). The number of aliphatic imine (C=N–C) groups is 1. The number of halogens is 1. The Morgan fingerprint density at radius 3 is 2.33 bits per heavy atom. The highest BCUT2D eigenvalue weighted by Crippen LogP contribution is 2.05. The molecule has 0 fully saturated rings. The van der Waals surface area contributed by atoms with Crippen LogP contribution in [-0.2, 0) is 16.4 Å². The third kappa shape index (κ3) is 10.3. The molecule has 0 radical (unpaired) electrons. The van der Waals surface area contributed by atoms with Crippen LogP contribution < -0.4 is 10.6 Å². The van der Waals surface area contributed by atoms with E-state index in [1.807, 2.05) is 26.8 Å². The van der Waals surface area contributed by atoms with Crippen LogP contribution in [0.1, 0.15) is 39.7 Å². The van der Waals surface area contributed by atoms with Gasteiger partial charge in [-0.25, -0.2) is 12.7 Å². The second-order valence-corrected chi connectivity index (χ2v) is 8.32. The summed E-state index contributed by atoms with van der Waals surface area (Å²) < 4.78 is 25.9. The van der Waals surface area contributed by atoms with Crippen LogP contribution in [-0.4, -0.2) is 56.7 Å². The first-order valence-corrected chi connectivity index (χ1v) is 11.1. The summed E-state index contributed by atoms with van der Waals surface area (Å²) >= 11 is 0. The third-order valence-corrected chi connectivity index (χ3v) is 6.16. The SMILES string of the molecule is CCNC(=NCCS(=O)(=O)N(CC)CC)NC(C)CCc1ccccc1.I. The van der Waals surface area contributed by atoms with Crippen molar-refractivity contribution in [2.24, 2.45) is 4.99 Å². The van der Waals surface area contributed by atoms with Gasteiger partial charge in [0.25, 0.3) is 0 Å². The highest BCUT2D eigenvalue weighted by molar-refractivity contribution is 14.0. The van der Waals surface area contributed by atoms with Crippen LogP contribution in [0.15, 0.2) is 35.3 Å². The molecule has 0 bridgehead atoms. The molecule has 156 valence electrons. The minimum atomic E-state index is -3.24. The summed E-state index contributed by atoms with van der Waals surface area (Å²) in [5.41, 5.74) is 1.31. The third-order valence-electron chi connectivity index (χ3n) is 4.15. The van der Waals surface area contributed by atoms with Crippen LogP contribution in [0.4, 0.5) is 0 Å². The van der Waals surface area contributed by atoms with E-state index in [9.17, 15) is 8.42 Å². The molecule has 1 unspecified atom stereocenters. The Kier molecular flexibility index (Phi) is 13.7. The monoisotopic (exact) mass is 510 g/mol. The Morgan fingerprint density at radius 1 is 1.15 bits per heavy atom. The van der Waals surface area contributed by atoms with E-state index < -0.39 is 10.0 Å². The zero-order chi connectivity index (χ0) is 19.4. The van der Waals surface area contributed by atoms with Gasteiger partial charge in [0.1, 0.15) is 0 Å². The molecular weight excluding hydrogens is 475 g/mol. The van der Waals surface area contributed by atoms with Gasteiger partial charge in [0.05, 0.1) is 12.3 Å². The molecule has 1 atom stereocenters. The van der Waals surface area contributed by atoms with E-state index in [1.54, 1.807) is 0 Å². The number of sulfonamides is 1. The Morgan fingerprint density at radius 2 is 1.78 bits per heavy atom. The first kappa shape index (κ1) is 26.1. The van der Waals surface area contributed by atoms with Crippen LogP contribution in [0.25, 0.3) is 0 Å². The molecular formula is C19H35IN4O2S. The number of nitrogens with one attached hydrogen (secondary N) is 2. The number of guanidine groups is 1. The lowest BCUT2D eigenvalue weighted by Crippen LogP contribution is -2.43. The lowest BCUT2D eigenvalue weighted by atomic mass is 10.1. The second-order valence-electron chi connectivity index (χ2n) is 6.23. The maximum atomic E-state index is 12.2. The largest absolute Gasteiger partial charge is 0.357 e. The summed E-state index contributed by atoms with van der Waals surface area (Å²) in [5.74, 6) is 0.701. The van der Waals surface area contributed by atoms with Gasteiger partial charge in [-0.3, -0.25) is 4.99 Å². The maximum absolute atomic E-state index is 12.2. The standard InChI is InChI=1S/C19H34N4O2S.HI/c1-5-20-19(21-15-16-26(24,25)23(6-2)7-3)22-17(4)13-14-18-11-9-8-10-12-18;/h8-12,17H,5-7,13-16H2,1-4H3,(H2,20,21,22);1H. The molecule has 0 amide bonds. The molecule has 8 heteroatoms. The maximum Gasteiger partial charge on any atom is 0.215 e. The molecule has 0 saturated carbocycles. The van der Waals surface area contributed by atoms with Crippen molar-refractivity contribution in [2.75, 3.05) is 31.9 Å². The predicted molar refractivity (Wildman–Crippen MR) is 125 cm³/mol. The van der Waals surface area contributed by atoms with Crippen LogP contribution in [0.3, 0.4) is 0 Å². The van der Waals surface area contributed by atoms with E-state index in [4.69, 9.17) is 0 Å². The zero-order valence-electron chi connectivity index (χ0n) is 16.9. The van der Waals surface area contributed by atoms with E-state index in [0.29, 0.717) is 19.0 Å². The minimum Gasteiger partial charge on any atom is -0.357 e. The molecule has 0 aliphatic rings. The van der Waals surface area contributed by atoms with Gasteiger partial charge in [-0.15, -0.1) is 24.0 Å². The summed E-state index contributed by atoms with van der Waals surface area (Å²) in [5, 5.41) is 6.55. The number of aryl methyl sites for hydroxylation is 1. The topological polar surface area (TPSA) is 73.8 Å². The molecule has 0 aliphatic carbocycles. The molecule has 0 saturated heterocycles. The van der Waals surface area contributed by atoms with E-state index >= 15 is 0 Å². The van der Waals surface area contributed by atoms with Gasteiger partial charge in [-0.05, 0) is 32.3 Å². The number of hydrogen-bond donors (Lipinski definition) is 2. The van der Waals surface area contributed by atoms with Crippen molar-refractivity contribution in [3.8, 4) is 0 Å². The lowest BCUT2D eigenvalue weighted by Gasteiger charge is -2.19. The predicted octanol–water partition coefficient (Wildman–Crippen LogP) is 2.85. The first-order valence-electron chi connectivity index (χ1n) is 9.49. The number of benzene rings is 1. The van der Waals surface area contributed by atoms with Gasteiger partial charge in [0.2, 0.25) is 10.0 Å². The van der Waals surface area contributed by atoms with Gasteiger partial charge >= 0.3 is 0 Å². The Balaban J connectivity index is 0.00000676. The number of nitrogens with zero attached hydrogens (tertiary/aromatic N) is 2. The van der Waals surface area contributed by atoms with Crippen molar-refractivity contribution in [2.45, 2.75) is 46.6 Å². The first-order chi connectivity index (χ1) is 12.4. The van der Waals surface area contributed by atoms with Crippen LogP contribution in [0.5, 0.6) is 0 Å². The molecule has 0 aromatic heterocycles. The van der Waals surface area contributed by atoms with E-state index in [0.717, 1.165) is 19.4 Å². The van der Waals surface area contributed by atoms with Crippen molar-refractivity contribution in [3.05, 3.63) is 35.9 Å². The summed E-state index contributed by atoms with van der Waals surface area (Å²) in [4.78, 5) is 4.43. The van der Waals surface area contributed by atoms with Crippen LogP contribution in [0.2, 0.25) is 0 Å². The van der Waals surface area contributed by atoms with E-state index in [2.05, 4.69) is 46.8 Å². The van der Waals surface area contributed by atoms with Crippen LogP contribution in [0, 0.1) is 0 Å². The zero-order valence-corrected chi connectivity index (χ0v) is 20.1. The van der Waals surface area contributed by atoms with Gasteiger partial charge in [0, 0.05) is 25.7 Å². The second kappa shape index (κ2) is 14.2. The van der Waals surface area contributed by atoms with Crippen LogP contribution >= 0.6 is 24.0 Å². The summed E-state index contributed by atoms with van der Waals surface area (Å²) in [6, 6.07) is 10.6. The highest BCUT2D eigenvalue weighted by atomic mass is 127. The molecule has 0 spiro atoms. The van der Waals surface area contributed by atoms with Gasteiger partial charge in [0.15, 0.2) is 5.96 Å². The molecule has 6 nitrogen and oxygen atoms in total. The highest BCUT2D eigenvalue weighted by Gasteiger charge is 2.18. The van der Waals surface area contributed by atoms with Crippen molar-refractivity contribution in [1.82, 2.24) is 14.9 Å². The quantitative estimate of drug-likeness (QED) is 0.273. The summed E-state index contributed by atoms with van der Waals surface area (Å²) in [6.45, 7) is 9.80. The van der Waals surface area contributed by atoms with E-state index in [1.165, 1.54) is 9.87 Å². The molecule has 0 aliphatic heterocycles. The normalized spacial score (nSPS) is 13.1. The Labute approximate surface area is 182 Å². The number of hydrogen-bond acceptors (Lipinski definition) is 3. The fraction of sp³-hybridized carbons (Fsp3) is 0.632. The summed E-state index contributed by atoms with van der Waals surface area (Å²) in [7, 11) is -3.24. The van der Waals surface area contributed by atoms with Crippen molar-refractivity contribution in [3.63, 3.8) is 0 Å². The lowest BCUT2D eigenvalue weighted by molar-refractivity contribution is 0.445. The fourth-order valence-electron chi connectivity index (χ4n) is 2.67. The number of rotatable bonds is 11. The summed E-state index contributed by atoms with van der Waals surface area (Å²) in [6.07, 6.45) is 1.97. The van der Waals surface area contributed by atoms with Crippen molar-refractivity contribution in [1.29, 1.82) is 0 Å².